The van der Waals surface area contributed by atoms with Crippen LogP contribution in [0.4, 0.5) is 17.6 Å². The number of hydrogen-bond acceptors (Lipinski definition) is 1. The zero-order chi connectivity index (χ0) is 15.2. The van der Waals surface area contributed by atoms with Crippen LogP contribution >= 0.6 is 15.9 Å². The summed E-state index contributed by atoms with van der Waals surface area (Å²) in [5, 5.41) is 9.60. The highest BCUT2D eigenvalue weighted by Gasteiger charge is 2.40. The molecule has 1 unspecified atom stereocenters. The van der Waals surface area contributed by atoms with Crippen LogP contribution in [0.2, 0.25) is 0 Å². The summed E-state index contributed by atoms with van der Waals surface area (Å²) in [4.78, 5) is 0. The van der Waals surface area contributed by atoms with E-state index in [-0.39, 0.29) is 4.47 Å². The van der Waals surface area contributed by atoms with E-state index >= 15 is 0 Å². The highest BCUT2D eigenvalue weighted by atomic mass is 79.9. The lowest BCUT2D eigenvalue weighted by Gasteiger charge is -2.25. The largest absolute Gasteiger partial charge is 0.505 e. The van der Waals surface area contributed by atoms with Crippen molar-refractivity contribution in [3.8, 4) is 5.75 Å². The van der Waals surface area contributed by atoms with Crippen molar-refractivity contribution in [1.29, 1.82) is 0 Å². The predicted octanol–water partition coefficient (Wildman–Crippen LogP) is 5.26. The van der Waals surface area contributed by atoms with Gasteiger partial charge in [0.05, 0.1) is 10.4 Å². The molecule has 1 N–H and O–H groups in total. The molecule has 19 heavy (non-hydrogen) atoms. The Balaban J connectivity index is 3.56. The first-order valence-corrected chi connectivity index (χ1v) is 6.44. The quantitative estimate of drug-likeness (QED) is 0.690. The maximum absolute atomic E-state index is 13.9. The number of alkyl halides is 3. The molecule has 0 aliphatic heterocycles. The topological polar surface area (TPSA) is 20.2 Å². The van der Waals surface area contributed by atoms with Crippen molar-refractivity contribution in [1.82, 2.24) is 0 Å². The Morgan fingerprint density at radius 1 is 1.21 bits per heavy atom. The SMILES string of the molecule is CC(c1cc(C(C)(C)C)c(Br)c(F)c1O)C(F)(F)F. The maximum atomic E-state index is 13.9. The molecule has 0 aromatic heterocycles. The molecule has 0 saturated carbocycles. The molecule has 0 fully saturated rings. The van der Waals surface area contributed by atoms with Crippen LogP contribution < -0.4 is 0 Å². The number of phenols is 1. The molecule has 0 radical (unpaired) electrons. The lowest BCUT2D eigenvalue weighted by Crippen LogP contribution is -2.20. The maximum Gasteiger partial charge on any atom is 0.395 e. The van der Waals surface area contributed by atoms with Crippen molar-refractivity contribution in [2.24, 2.45) is 0 Å². The fourth-order valence-corrected chi connectivity index (χ4v) is 2.59. The summed E-state index contributed by atoms with van der Waals surface area (Å²) in [6.45, 7) is 6.16. The summed E-state index contributed by atoms with van der Waals surface area (Å²) >= 11 is 2.98. The Hall–Kier alpha value is -0.780. The number of benzene rings is 1. The fraction of sp³-hybridized carbons (Fsp3) is 0.538. The van der Waals surface area contributed by atoms with Crippen LogP contribution in [0.15, 0.2) is 10.5 Å². The number of hydrogen-bond donors (Lipinski definition) is 1. The molecule has 1 aromatic carbocycles. The molecular weight excluding hydrogens is 328 g/mol. The number of rotatable bonds is 1. The second kappa shape index (κ2) is 4.96. The van der Waals surface area contributed by atoms with E-state index in [2.05, 4.69) is 15.9 Å². The van der Waals surface area contributed by atoms with Gasteiger partial charge in [-0.05, 0) is 39.9 Å². The summed E-state index contributed by atoms with van der Waals surface area (Å²) < 4.78 is 52.1. The molecule has 6 heteroatoms. The summed E-state index contributed by atoms with van der Waals surface area (Å²) in [5.74, 6) is -3.94. The average molecular weight is 343 g/mol. The van der Waals surface area contributed by atoms with E-state index in [0.29, 0.717) is 5.56 Å². The van der Waals surface area contributed by atoms with Gasteiger partial charge >= 0.3 is 6.18 Å². The van der Waals surface area contributed by atoms with Gasteiger partial charge in [0, 0.05) is 5.56 Å². The number of aromatic hydroxyl groups is 1. The first kappa shape index (κ1) is 16.3. The molecule has 0 amide bonds. The molecule has 108 valence electrons. The van der Waals surface area contributed by atoms with E-state index in [9.17, 15) is 22.7 Å². The number of halogens is 5. The molecule has 0 aliphatic rings. The van der Waals surface area contributed by atoms with Crippen LogP contribution in [-0.2, 0) is 5.41 Å². The summed E-state index contributed by atoms with van der Waals surface area (Å²) in [6, 6.07) is 1.21. The van der Waals surface area contributed by atoms with Gasteiger partial charge in [0.25, 0.3) is 0 Å². The van der Waals surface area contributed by atoms with Crippen LogP contribution in [0.3, 0.4) is 0 Å². The fourth-order valence-electron chi connectivity index (χ4n) is 1.69. The lowest BCUT2D eigenvalue weighted by atomic mass is 9.84. The highest BCUT2D eigenvalue weighted by Crippen LogP contribution is 2.44. The van der Waals surface area contributed by atoms with Crippen LogP contribution in [0.5, 0.6) is 5.75 Å². The normalized spacial score (nSPS) is 14.6. The third-order valence-electron chi connectivity index (χ3n) is 2.98. The summed E-state index contributed by atoms with van der Waals surface area (Å²) in [6.07, 6.45) is -4.53. The molecule has 1 aromatic rings. The van der Waals surface area contributed by atoms with Crippen LogP contribution in [0.25, 0.3) is 0 Å². The van der Waals surface area contributed by atoms with Gasteiger partial charge < -0.3 is 5.11 Å². The second-order valence-electron chi connectivity index (χ2n) is 5.50. The van der Waals surface area contributed by atoms with Crippen molar-refractivity contribution in [3.63, 3.8) is 0 Å². The van der Waals surface area contributed by atoms with E-state index in [1.54, 1.807) is 20.8 Å². The summed E-state index contributed by atoms with van der Waals surface area (Å²) in [7, 11) is 0. The Morgan fingerprint density at radius 2 is 1.68 bits per heavy atom. The van der Waals surface area contributed by atoms with Crippen LogP contribution in [0, 0.1) is 5.82 Å². The first-order chi connectivity index (χ1) is 8.37. The lowest BCUT2D eigenvalue weighted by molar-refractivity contribution is -0.146. The molecule has 0 heterocycles. The zero-order valence-corrected chi connectivity index (χ0v) is 12.6. The van der Waals surface area contributed by atoms with Crippen molar-refractivity contribution < 1.29 is 22.7 Å². The Morgan fingerprint density at radius 3 is 2.05 bits per heavy atom. The van der Waals surface area contributed by atoms with E-state index in [4.69, 9.17) is 0 Å². The molecule has 0 spiro atoms. The monoisotopic (exact) mass is 342 g/mol. The van der Waals surface area contributed by atoms with Gasteiger partial charge in [-0.15, -0.1) is 0 Å². The van der Waals surface area contributed by atoms with Gasteiger partial charge in [0.15, 0.2) is 11.6 Å². The molecule has 1 rings (SSSR count). The van der Waals surface area contributed by atoms with Gasteiger partial charge in [-0.2, -0.15) is 13.2 Å². The minimum absolute atomic E-state index is 0.00405. The third kappa shape index (κ3) is 3.22. The van der Waals surface area contributed by atoms with Gasteiger partial charge in [0.1, 0.15) is 0 Å². The van der Waals surface area contributed by atoms with Gasteiger partial charge in [-0.1, -0.05) is 20.8 Å². The second-order valence-corrected chi connectivity index (χ2v) is 6.30. The minimum atomic E-state index is -4.53. The number of phenolic OH excluding ortho intramolecular Hbond substituents is 1. The molecular formula is C13H15BrF4O. The Kier molecular flexibility index (Phi) is 4.25. The standard InChI is InChI=1S/C13H15BrF4O/c1-6(13(16,17)18)7-5-8(12(2,3)4)9(14)10(15)11(7)19/h5-6,19H,1-4H3. The van der Waals surface area contributed by atoms with Crippen molar-refractivity contribution in [2.45, 2.75) is 45.2 Å². The van der Waals surface area contributed by atoms with E-state index in [1.165, 1.54) is 6.07 Å². The van der Waals surface area contributed by atoms with Crippen LogP contribution in [-0.4, -0.2) is 11.3 Å². The molecule has 0 bridgehead atoms. The van der Waals surface area contributed by atoms with E-state index in [1.807, 2.05) is 0 Å². The summed E-state index contributed by atoms with van der Waals surface area (Å²) in [5.41, 5.74) is -0.611. The van der Waals surface area contributed by atoms with Gasteiger partial charge in [-0.3, -0.25) is 0 Å². The van der Waals surface area contributed by atoms with E-state index < -0.39 is 34.6 Å². The zero-order valence-electron chi connectivity index (χ0n) is 11.0. The third-order valence-corrected chi connectivity index (χ3v) is 3.75. The van der Waals surface area contributed by atoms with Gasteiger partial charge in [-0.25, -0.2) is 4.39 Å². The Bertz CT molecular complexity index is 489. The molecule has 1 nitrogen and oxygen atoms in total. The predicted molar refractivity (Wildman–Crippen MR) is 68.9 cm³/mol. The average Bonchev–Trinajstić information content (AvgIpc) is 2.22. The molecule has 1 atom stereocenters. The molecule has 0 aliphatic carbocycles. The highest BCUT2D eigenvalue weighted by molar-refractivity contribution is 9.10. The van der Waals surface area contributed by atoms with Crippen molar-refractivity contribution in [2.75, 3.05) is 0 Å². The van der Waals surface area contributed by atoms with Crippen molar-refractivity contribution in [3.05, 3.63) is 27.5 Å². The first-order valence-electron chi connectivity index (χ1n) is 5.65. The van der Waals surface area contributed by atoms with E-state index in [0.717, 1.165) is 6.92 Å². The minimum Gasteiger partial charge on any atom is -0.505 e. The Labute approximate surface area is 117 Å². The van der Waals surface area contributed by atoms with Crippen molar-refractivity contribution >= 4 is 15.9 Å². The van der Waals surface area contributed by atoms with Gasteiger partial charge in [0.2, 0.25) is 0 Å². The van der Waals surface area contributed by atoms with Crippen LogP contribution in [0.1, 0.15) is 44.7 Å². The molecule has 0 saturated heterocycles. The smallest absolute Gasteiger partial charge is 0.395 e.